The minimum Gasteiger partial charge on any atom is -0.497 e. The number of carbonyl (C=O) groups is 1. The van der Waals surface area contributed by atoms with E-state index in [9.17, 15) is 9.90 Å². The molecular weight excluding hydrogens is 410 g/mol. The normalized spacial score (nSPS) is 22.6. The minimum absolute atomic E-state index is 0.0816. The van der Waals surface area contributed by atoms with Gasteiger partial charge in [-0.3, -0.25) is 0 Å². The molecular formula is C21H20BrNO4. The summed E-state index contributed by atoms with van der Waals surface area (Å²) in [4.78, 5) is 11.9. The van der Waals surface area contributed by atoms with Gasteiger partial charge >= 0.3 is 5.97 Å². The molecule has 1 heterocycles. The first kappa shape index (κ1) is 17.9. The average Bonchev–Trinajstić information content (AvgIpc) is 3.16. The highest BCUT2D eigenvalue weighted by molar-refractivity contribution is 9.10. The van der Waals surface area contributed by atoms with Crippen molar-refractivity contribution in [1.29, 1.82) is 0 Å². The van der Waals surface area contributed by atoms with Crippen molar-refractivity contribution in [2.24, 2.45) is 5.92 Å². The Morgan fingerprint density at radius 3 is 2.70 bits per heavy atom. The number of fused-ring (bicyclic) bond motifs is 3. The molecule has 0 spiro atoms. The molecule has 4 rings (SSSR count). The molecule has 1 aliphatic carbocycles. The van der Waals surface area contributed by atoms with Crippen LogP contribution < -0.4 is 14.8 Å². The fraction of sp³-hybridized carbons (Fsp3) is 0.286. The van der Waals surface area contributed by atoms with E-state index in [4.69, 9.17) is 9.47 Å². The lowest BCUT2D eigenvalue weighted by molar-refractivity contribution is 0.0697. The van der Waals surface area contributed by atoms with Crippen LogP contribution in [0.1, 0.15) is 39.9 Å². The summed E-state index contributed by atoms with van der Waals surface area (Å²) in [7, 11) is 3.28. The number of carboxylic acid groups (broad SMARTS) is 1. The summed E-state index contributed by atoms with van der Waals surface area (Å²) in [6.07, 6.45) is 5.27. The second-order valence-corrected chi connectivity index (χ2v) is 7.72. The number of hydrogen-bond donors (Lipinski definition) is 2. The highest BCUT2D eigenvalue weighted by Gasteiger charge is 2.40. The maximum Gasteiger partial charge on any atom is 0.337 e. The lowest BCUT2D eigenvalue weighted by Gasteiger charge is -2.38. The molecule has 0 fully saturated rings. The van der Waals surface area contributed by atoms with Gasteiger partial charge in [-0.25, -0.2) is 4.79 Å². The average molecular weight is 430 g/mol. The molecule has 0 amide bonds. The van der Waals surface area contributed by atoms with E-state index in [0.717, 1.165) is 33.5 Å². The lowest BCUT2D eigenvalue weighted by Crippen LogP contribution is -2.30. The Balaban J connectivity index is 1.88. The van der Waals surface area contributed by atoms with E-state index in [0.29, 0.717) is 5.69 Å². The van der Waals surface area contributed by atoms with Crippen LogP contribution in [0, 0.1) is 5.92 Å². The number of halogens is 1. The summed E-state index contributed by atoms with van der Waals surface area (Å²) in [6.45, 7) is 0. The largest absolute Gasteiger partial charge is 0.497 e. The van der Waals surface area contributed by atoms with E-state index in [1.54, 1.807) is 20.3 Å². The molecule has 0 aromatic heterocycles. The van der Waals surface area contributed by atoms with E-state index >= 15 is 0 Å². The van der Waals surface area contributed by atoms with Crippen molar-refractivity contribution in [3.8, 4) is 11.5 Å². The second kappa shape index (κ2) is 6.93. The van der Waals surface area contributed by atoms with Gasteiger partial charge in [-0.05, 0) is 48.2 Å². The van der Waals surface area contributed by atoms with Crippen molar-refractivity contribution in [3.63, 3.8) is 0 Å². The van der Waals surface area contributed by atoms with Crippen LogP contribution in [0.25, 0.3) is 0 Å². The summed E-state index contributed by atoms with van der Waals surface area (Å²) in [5.41, 5.74) is 2.93. The van der Waals surface area contributed by atoms with Crippen molar-refractivity contribution in [1.82, 2.24) is 0 Å². The van der Waals surface area contributed by atoms with Crippen LogP contribution in [-0.2, 0) is 0 Å². The van der Waals surface area contributed by atoms with Crippen LogP contribution in [0.3, 0.4) is 0 Å². The number of aromatic carboxylic acids is 1. The van der Waals surface area contributed by atoms with Gasteiger partial charge in [-0.15, -0.1) is 0 Å². The number of hydrogen-bond acceptors (Lipinski definition) is 4. The zero-order valence-corrected chi connectivity index (χ0v) is 16.6. The van der Waals surface area contributed by atoms with E-state index in [1.165, 1.54) is 0 Å². The summed E-state index contributed by atoms with van der Waals surface area (Å²) in [5.74, 6) is 0.982. The van der Waals surface area contributed by atoms with Crippen LogP contribution in [0.5, 0.6) is 11.5 Å². The number of methoxy groups -OCH3 is 2. The number of ether oxygens (including phenoxy) is 2. The number of carboxylic acids is 1. The molecule has 0 saturated carbocycles. The fourth-order valence-corrected chi connectivity index (χ4v) is 4.70. The number of anilines is 1. The first-order valence-corrected chi connectivity index (χ1v) is 9.54. The molecule has 2 aliphatic rings. The Morgan fingerprint density at radius 1 is 1.19 bits per heavy atom. The maximum absolute atomic E-state index is 11.9. The predicted octanol–water partition coefficient (Wildman–Crippen LogP) is 4.99. The molecule has 0 radical (unpaired) electrons. The SMILES string of the molecule is COc1ccc(OC)c([C@@H]2Nc3c(C(=O)O)cc(Br)cc3[C@@H]3C=CC[C@@H]32)c1. The molecule has 0 unspecified atom stereocenters. The Kier molecular flexibility index (Phi) is 4.60. The van der Waals surface area contributed by atoms with Crippen LogP contribution >= 0.6 is 15.9 Å². The summed E-state index contributed by atoms with van der Waals surface area (Å²) in [5, 5.41) is 13.2. The second-order valence-electron chi connectivity index (χ2n) is 6.81. The molecule has 0 saturated heterocycles. The van der Waals surface area contributed by atoms with Crippen LogP contribution in [-0.4, -0.2) is 25.3 Å². The molecule has 5 nitrogen and oxygen atoms in total. The Hall–Kier alpha value is -2.47. The third-order valence-corrected chi connectivity index (χ3v) is 5.89. The third kappa shape index (κ3) is 2.98. The zero-order chi connectivity index (χ0) is 19.1. The number of allylic oxidation sites excluding steroid dienone is 2. The van der Waals surface area contributed by atoms with Gasteiger partial charge in [0, 0.05) is 16.0 Å². The van der Waals surface area contributed by atoms with E-state index in [2.05, 4.69) is 33.4 Å². The molecule has 0 bridgehead atoms. The fourth-order valence-electron chi connectivity index (χ4n) is 4.22. The van der Waals surface area contributed by atoms with Gasteiger partial charge in [0.15, 0.2) is 0 Å². The summed E-state index contributed by atoms with van der Waals surface area (Å²) >= 11 is 3.46. The topological polar surface area (TPSA) is 67.8 Å². The van der Waals surface area contributed by atoms with Crippen LogP contribution in [0.2, 0.25) is 0 Å². The van der Waals surface area contributed by atoms with Crippen molar-refractivity contribution in [2.45, 2.75) is 18.4 Å². The predicted molar refractivity (Wildman–Crippen MR) is 107 cm³/mol. The Morgan fingerprint density at radius 2 is 2.00 bits per heavy atom. The highest BCUT2D eigenvalue weighted by Crippen LogP contribution is 2.52. The number of rotatable bonds is 4. The van der Waals surface area contributed by atoms with Gasteiger partial charge < -0.3 is 19.9 Å². The first-order valence-electron chi connectivity index (χ1n) is 8.75. The van der Waals surface area contributed by atoms with Crippen LogP contribution in [0.15, 0.2) is 47.0 Å². The molecule has 3 atom stereocenters. The third-order valence-electron chi connectivity index (χ3n) is 5.44. The molecule has 1 aliphatic heterocycles. The molecule has 2 aromatic carbocycles. The summed E-state index contributed by atoms with van der Waals surface area (Å²) < 4.78 is 11.8. The standard InChI is InChI=1S/C21H20BrNO4/c1-26-12-6-7-18(27-2)16(10-12)19-14-5-3-4-13(14)15-8-11(22)9-17(21(24)25)20(15)23-19/h3-4,6-10,13-14,19,23H,5H2,1-2H3,(H,24,25)/t13-,14+,19-/m1/s1. The number of benzene rings is 2. The Labute approximate surface area is 166 Å². The van der Waals surface area contributed by atoms with Gasteiger partial charge in [0.1, 0.15) is 11.5 Å². The first-order chi connectivity index (χ1) is 13.0. The van der Waals surface area contributed by atoms with Crippen molar-refractivity contribution < 1.29 is 19.4 Å². The van der Waals surface area contributed by atoms with Gasteiger partial charge in [0.25, 0.3) is 0 Å². The smallest absolute Gasteiger partial charge is 0.337 e. The number of nitrogens with one attached hydrogen (secondary N) is 1. The zero-order valence-electron chi connectivity index (χ0n) is 15.0. The van der Waals surface area contributed by atoms with E-state index in [-0.39, 0.29) is 23.4 Å². The molecule has 6 heteroatoms. The van der Waals surface area contributed by atoms with Crippen molar-refractivity contribution >= 4 is 27.6 Å². The quantitative estimate of drug-likeness (QED) is 0.669. The maximum atomic E-state index is 11.9. The van der Waals surface area contributed by atoms with Crippen molar-refractivity contribution in [3.05, 3.63) is 63.6 Å². The monoisotopic (exact) mass is 429 g/mol. The van der Waals surface area contributed by atoms with Crippen molar-refractivity contribution in [2.75, 3.05) is 19.5 Å². The van der Waals surface area contributed by atoms with Gasteiger partial charge in [-0.2, -0.15) is 0 Å². The van der Waals surface area contributed by atoms with Gasteiger partial charge in [0.05, 0.1) is 31.5 Å². The summed E-state index contributed by atoms with van der Waals surface area (Å²) in [6, 6.07) is 9.30. The minimum atomic E-state index is -0.947. The van der Waals surface area contributed by atoms with Gasteiger partial charge in [-0.1, -0.05) is 28.1 Å². The van der Waals surface area contributed by atoms with E-state index in [1.807, 2.05) is 24.3 Å². The molecule has 140 valence electrons. The molecule has 2 N–H and O–H groups in total. The molecule has 27 heavy (non-hydrogen) atoms. The van der Waals surface area contributed by atoms with E-state index < -0.39 is 5.97 Å². The lowest BCUT2D eigenvalue weighted by atomic mass is 9.76. The highest BCUT2D eigenvalue weighted by atomic mass is 79.9. The van der Waals surface area contributed by atoms with Crippen LogP contribution in [0.4, 0.5) is 5.69 Å². The molecule has 2 aromatic rings. The Bertz CT molecular complexity index is 940. The van der Waals surface area contributed by atoms with Gasteiger partial charge in [0.2, 0.25) is 0 Å².